The largest absolute Gasteiger partial charge is 0 e. The Morgan fingerprint density at radius 1 is 1.31 bits per heavy atom. The van der Waals surface area contributed by atoms with E-state index >= 15 is 0 Å². The molecule has 13 heavy (non-hydrogen) atoms. The Labute approximate surface area is 112 Å². The van der Waals surface area contributed by atoms with Crippen molar-refractivity contribution in [1.82, 2.24) is 18.2 Å². The molecule has 2 rings (SSSR count). The topological polar surface area (TPSA) is 43.6 Å². The van der Waals surface area contributed by atoms with Crippen LogP contribution in [0.25, 0.3) is 11.2 Å². The first-order valence-electron chi connectivity index (χ1n) is 3.55. The summed E-state index contributed by atoms with van der Waals surface area (Å²) in [5.41, 5.74) is 2.65. The van der Waals surface area contributed by atoms with Crippen molar-refractivity contribution in [3.8, 4) is 0 Å². The fourth-order valence-corrected chi connectivity index (χ4v) is 1.64. The van der Waals surface area contributed by atoms with Crippen LogP contribution in [0.4, 0.5) is 0 Å². The Kier molecular flexibility index (Phi) is 3.68. The molecule has 2 aromatic rings. The van der Waals surface area contributed by atoms with Gasteiger partial charge in [-0.15, -0.1) is 0 Å². The minimum absolute atomic E-state index is 0. The molecule has 0 saturated carbocycles. The van der Waals surface area contributed by atoms with Crippen LogP contribution in [0.5, 0.6) is 0 Å². The molecular formula is C7H6GaN4Y-. The third-order valence-corrected chi connectivity index (χ3v) is 2.40. The van der Waals surface area contributed by atoms with Crippen LogP contribution in [0.15, 0.2) is 0 Å². The van der Waals surface area contributed by atoms with Gasteiger partial charge in [0.15, 0.2) is 0 Å². The molecule has 0 spiro atoms. The second-order valence-corrected chi connectivity index (χ2v) is 3.69. The maximum atomic E-state index is 4.27. The van der Waals surface area contributed by atoms with Crippen molar-refractivity contribution >= 4 is 30.0 Å². The Balaban J connectivity index is 0.000000845. The van der Waals surface area contributed by atoms with Gasteiger partial charge < -0.3 is 0 Å². The first-order valence-corrected chi connectivity index (χ1v) is 4.63. The molecule has 6 heteroatoms. The van der Waals surface area contributed by atoms with Crippen LogP contribution in [0, 0.1) is 20.2 Å². The van der Waals surface area contributed by atoms with Gasteiger partial charge in [0.1, 0.15) is 0 Å². The number of hydrogen-bond donors (Lipinski definition) is 0. The maximum absolute atomic E-state index is 4.27. The summed E-state index contributed by atoms with van der Waals surface area (Å²) in [7, 11) is 0. The molecule has 0 fully saturated rings. The molecule has 2 aromatic heterocycles. The van der Waals surface area contributed by atoms with E-state index in [0.29, 0.717) is 0 Å². The summed E-state index contributed by atoms with van der Waals surface area (Å²) in [5.74, 6) is 0.785. The van der Waals surface area contributed by atoms with Gasteiger partial charge in [0.2, 0.25) is 0 Å². The van der Waals surface area contributed by atoms with E-state index in [1.165, 1.54) is 18.8 Å². The predicted octanol–water partition coefficient (Wildman–Crippen LogP) is 0.172. The van der Waals surface area contributed by atoms with Crippen molar-refractivity contribution in [2.24, 2.45) is 0 Å². The zero-order valence-electron chi connectivity index (χ0n) is 7.44. The van der Waals surface area contributed by atoms with Gasteiger partial charge in [0, 0.05) is 32.7 Å². The normalized spacial score (nSPS) is 10.0. The summed E-state index contributed by atoms with van der Waals surface area (Å²) in [6.07, 6.45) is 2.84. The number of hydrogen-bond acceptors (Lipinski definition) is 3. The van der Waals surface area contributed by atoms with E-state index in [-0.39, 0.29) is 32.7 Å². The molecule has 0 aliphatic heterocycles. The summed E-state index contributed by atoms with van der Waals surface area (Å²) < 4.78 is 1.84. The summed E-state index contributed by atoms with van der Waals surface area (Å²) in [5, 5.41) is 0. The van der Waals surface area contributed by atoms with E-state index in [4.69, 9.17) is 0 Å². The molecule has 3 radical (unpaired) electrons. The van der Waals surface area contributed by atoms with Crippen LogP contribution >= 0.6 is 0 Å². The van der Waals surface area contributed by atoms with E-state index in [2.05, 4.69) is 21.3 Å². The van der Waals surface area contributed by atoms with E-state index in [1.807, 2.05) is 17.1 Å². The van der Waals surface area contributed by atoms with Gasteiger partial charge in [-0.2, -0.15) is 0 Å². The Morgan fingerprint density at radius 2 is 2.00 bits per heavy atom. The minimum atomic E-state index is 0. The first kappa shape index (κ1) is 11.4. The summed E-state index contributed by atoms with van der Waals surface area (Å²) in [6.45, 7) is 3.82. The fraction of sp³-hybridized carbons (Fsp3) is 0.286. The van der Waals surface area contributed by atoms with Crippen molar-refractivity contribution in [2.75, 3.05) is 0 Å². The Hall–Kier alpha value is 0.290. The molecule has 4 nitrogen and oxygen atoms in total. The SMILES string of the molecule is Cc1nc(C)c2n[c-][n]([Ga])c2n1.[Y]. The van der Waals surface area contributed by atoms with Crippen LogP contribution < -0.4 is 0 Å². The van der Waals surface area contributed by atoms with Crippen molar-refractivity contribution in [1.29, 1.82) is 0 Å². The van der Waals surface area contributed by atoms with Crippen LogP contribution in [0.3, 0.4) is 0 Å². The molecule has 0 aliphatic carbocycles. The van der Waals surface area contributed by atoms with E-state index in [0.717, 1.165) is 22.7 Å². The van der Waals surface area contributed by atoms with Gasteiger partial charge in [-0.25, -0.2) is 0 Å². The van der Waals surface area contributed by atoms with Crippen molar-refractivity contribution in [2.45, 2.75) is 13.8 Å². The number of nitrogens with zero attached hydrogens (tertiary/aromatic N) is 4. The molecule has 0 saturated heterocycles. The van der Waals surface area contributed by atoms with Gasteiger partial charge in [0.25, 0.3) is 0 Å². The van der Waals surface area contributed by atoms with Gasteiger partial charge in [0.05, 0.1) is 0 Å². The quantitative estimate of drug-likeness (QED) is 0.515. The smallest absolute Gasteiger partial charge is 0 e. The number of imidazole rings is 1. The minimum Gasteiger partial charge on any atom is 0 e. The monoisotopic (exact) mass is 304 g/mol. The number of aromatic nitrogens is 4. The zero-order valence-corrected chi connectivity index (χ0v) is 12.7. The van der Waals surface area contributed by atoms with Crippen LogP contribution in [0.2, 0.25) is 0 Å². The third-order valence-electron chi connectivity index (χ3n) is 1.65. The molecular weight excluding hydrogens is 299 g/mol. The van der Waals surface area contributed by atoms with Crippen molar-refractivity contribution in [3.05, 3.63) is 17.8 Å². The van der Waals surface area contributed by atoms with E-state index in [1.54, 1.807) is 0 Å². The first-order chi connectivity index (χ1) is 5.68. The molecule has 0 aliphatic rings. The maximum Gasteiger partial charge on any atom is 0 e. The Bertz CT molecular complexity index is 439. The van der Waals surface area contributed by atoms with Gasteiger partial charge >= 0.3 is 79.9 Å². The summed E-state index contributed by atoms with van der Waals surface area (Å²) in [6, 6.07) is 0. The molecule has 2 heterocycles. The van der Waals surface area contributed by atoms with Crippen LogP contribution in [-0.4, -0.2) is 37.1 Å². The standard InChI is InChI=1S/C7H6N4.Ga.Y/c1-4-6-7(9-3-8-6)11-5(2)10-4;;/h1-2H3;;/q-2;+1;. The summed E-state index contributed by atoms with van der Waals surface area (Å²) in [4.78, 5) is 12.6. The van der Waals surface area contributed by atoms with E-state index in [9.17, 15) is 0 Å². The van der Waals surface area contributed by atoms with Gasteiger partial charge in [-0.3, -0.25) is 0 Å². The molecule has 0 N–H and O–H groups in total. The average molecular weight is 305 g/mol. The van der Waals surface area contributed by atoms with Gasteiger partial charge in [-0.1, -0.05) is 0 Å². The molecule has 0 amide bonds. The Morgan fingerprint density at radius 3 is 2.69 bits per heavy atom. The molecule has 0 unspecified atom stereocenters. The van der Waals surface area contributed by atoms with E-state index < -0.39 is 0 Å². The second-order valence-electron chi connectivity index (χ2n) is 2.61. The number of rotatable bonds is 0. The zero-order chi connectivity index (χ0) is 8.72. The van der Waals surface area contributed by atoms with Crippen molar-refractivity contribution < 1.29 is 32.7 Å². The van der Waals surface area contributed by atoms with Gasteiger partial charge in [-0.05, 0) is 0 Å². The molecule has 0 aromatic carbocycles. The third kappa shape index (κ3) is 2.03. The van der Waals surface area contributed by atoms with Crippen molar-refractivity contribution in [3.63, 3.8) is 0 Å². The number of fused-ring (bicyclic) bond motifs is 1. The molecule has 61 valence electrons. The predicted molar refractivity (Wildman–Crippen MR) is 44.8 cm³/mol. The number of aryl methyl sites for hydroxylation is 2. The summed E-state index contributed by atoms with van der Waals surface area (Å²) >= 11 is 1.42. The average Bonchev–Trinajstić information content (AvgIpc) is 2.33. The molecule has 0 atom stereocenters. The van der Waals surface area contributed by atoms with Crippen LogP contribution in [-0.2, 0) is 32.7 Å². The fourth-order valence-electron chi connectivity index (χ4n) is 1.14. The molecule has 0 bridgehead atoms. The van der Waals surface area contributed by atoms with Crippen LogP contribution in [0.1, 0.15) is 11.5 Å². The second kappa shape index (κ2) is 4.21.